The summed E-state index contributed by atoms with van der Waals surface area (Å²) in [5.74, 6) is 1.96. The quantitative estimate of drug-likeness (QED) is 0.159. The average molecular weight is 663 g/mol. The molecule has 46 heavy (non-hydrogen) atoms. The van der Waals surface area contributed by atoms with Gasteiger partial charge in [0.15, 0.2) is 13.3 Å². The van der Waals surface area contributed by atoms with Crippen LogP contribution in [-0.4, -0.2) is 95.4 Å². The molecular weight excluding hydrogens is 613 g/mol. The topological polar surface area (TPSA) is 89.0 Å². The van der Waals surface area contributed by atoms with Gasteiger partial charge in [0, 0.05) is 57.1 Å². The lowest BCUT2D eigenvalue weighted by molar-refractivity contribution is 0.0982. The van der Waals surface area contributed by atoms with Gasteiger partial charge in [-0.05, 0) is 83.3 Å². The number of rotatable bonds is 10. The molecule has 0 atom stereocenters. The van der Waals surface area contributed by atoms with Crippen molar-refractivity contribution in [3.8, 4) is 5.75 Å². The number of piperazine rings is 1. The molecule has 0 saturated carbocycles. The highest BCUT2D eigenvalue weighted by Gasteiger charge is 2.47. The molecule has 0 radical (unpaired) electrons. The Balaban J connectivity index is 1.21. The highest BCUT2D eigenvalue weighted by Crippen LogP contribution is 2.63. The van der Waals surface area contributed by atoms with E-state index < -0.39 is 7.49 Å². The second kappa shape index (κ2) is 14.0. The maximum Gasteiger partial charge on any atom is 0.229 e. The van der Waals surface area contributed by atoms with Crippen LogP contribution in [-0.2, 0) is 0 Å². The Hall–Kier alpha value is -3.01. The van der Waals surface area contributed by atoms with Crippen LogP contribution in [0, 0.1) is 0 Å². The summed E-state index contributed by atoms with van der Waals surface area (Å²) in [5, 5.41) is 10.0. The standard InChI is InChI=1S/C35H49N7O2PS/c1-24(2)45(43,25(3)4)32-10-8-7-9-29(32)36-34-33-30(15-22-46-33)38-35(39-34)37-28-12-11-27(23-31(28)44-6)41-16-13-26(14-17-41)42-20-18-40(5)19-21-42/h7-12,15,22-26,43H,13-14,16-21H2,1-6H3,(H2,36,37,38,39)/q+1. The van der Waals surface area contributed by atoms with Crippen molar-refractivity contribution in [3.05, 3.63) is 53.9 Å². The van der Waals surface area contributed by atoms with Gasteiger partial charge in [0.2, 0.25) is 5.95 Å². The van der Waals surface area contributed by atoms with Gasteiger partial charge in [-0.2, -0.15) is 4.98 Å². The van der Waals surface area contributed by atoms with Crippen LogP contribution >= 0.6 is 18.8 Å². The fourth-order valence-corrected chi connectivity index (χ4v) is 10.9. The smallest absolute Gasteiger partial charge is 0.229 e. The zero-order chi connectivity index (χ0) is 32.4. The lowest BCUT2D eigenvalue weighted by Crippen LogP contribution is -2.52. The maximum absolute atomic E-state index is 12.0. The van der Waals surface area contributed by atoms with Crippen LogP contribution in [0.4, 0.5) is 28.8 Å². The molecule has 0 aliphatic carbocycles. The van der Waals surface area contributed by atoms with Crippen molar-refractivity contribution in [2.24, 2.45) is 0 Å². The predicted octanol–water partition coefficient (Wildman–Crippen LogP) is 6.77. The summed E-state index contributed by atoms with van der Waals surface area (Å²) in [6.07, 6.45) is 2.38. The van der Waals surface area contributed by atoms with Crippen LogP contribution in [0.2, 0.25) is 0 Å². The summed E-state index contributed by atoms with van der Waals surface area (Å²) >= 11 is 1.60. The van der Waals surface area contributed by atoms with Gasteiger partial charge in [0.25, 0.3) is 0 Å². The second-order valence-corrected chi connectivity index (χ2v) is 18.1. The van der Waals surface area contributed by atoms with Crippen LogP contribution in [0.25, 0.3) is 10.2 Å². The van der Waals surface area contributed by atoms with Crippen molar-refractivity contribution in [2.75, 3.05) is 69.0 Å². The zero-order valence-corrected chi connectivity index (χ0v) is 29.7. The first-order chi connectivity index (χ1) is 22.2. The lowest BCUT2D eigenvalue weighted by atomic mass is 10.0. The number of methoxy groups -OCH3 is 1. The van der Waals surface area contributed by atoms with E-state index in [1.54, 1.807) is 18.4 Å². The molecule has 9 nitrogen and oxygen atoms in total. The Morgan fingerprint density at radius 2 is 1.61 bits per heavy atom. The maximum atomic E-state index is 12.0. The van der Waals surface area contributed by atoms with Crippen LogP contribution in [0.15, 0.2) is 53.9 Å². The van der Waals surface area contributed by atoms with Crippen LogP contribution in [0.3, 0.4) is 0 Å². The van der Waals surface area contributed by atoms with Gasteiger partial charge >= 0.3 is 0 Å². The highest BCUT2D eigenvalue weighted by atomic mass is 32.1. The van der Waals surface area contributed by atoms with Crippen molar-refractivity contribution in [1.29, 1.82) is 0 Å². The third-order valence-electron chi connectivity index (χ3n) is 9.74. The van der Waals surface area contributed by atoms with Crippen molar-refractivity contribution >= 4 is 63.2 Å². The first-order valence-electron chi connectivity index (χ1n) is 16.5. The van der Waals surface area contributed by atoms with Gasteiger partial charge in [-0.1, -0.05) is 12.1 Å². The number of anilines is 5. The summed E-state index contributed by atoms with van der Waals surface area (Å²) in [5.41, 5.74) is 4.02. The van der Waals surface area contributed by atoms with Crippen LogP contribution in [0.1, 0.15) is 40.5 Å². The number of para-hydroxylation sites is 1. The molecular formula is C35H49N7O2PS+. The molecule has 0 amide bonds. The first kappa shape index (κ1) is 32.9. The largest absolute Gasteiger partial charge is 0.494 e. The van der Waals surface area contributed by atoms with E-state index in [0.717, 1.165) is 45.7 Å². The third kappa shape index (κ3) is 6.69. The highest BCUT2D eigenvalue weighted by molar-refractivity contribution is 7.79. The number of thiophene rings is 1. The molecule has 3 N–H and O–H groups in total. The summed E-state index contributed by atoms with van der Waals surface area (Å²) in [6, 6.07) is 17.2. The van der Waals surface area contributed by atoms with E-state index in [9.17, 15) is 4.89 Å². The second-order valence-electron chi connectivity index (χ2n) is 13.2. The Morgan fingerprint density at radius 3 is 2.30 bits per heavy atom. The van der Waals surface area contributed by atoms with E-state index in [1.807, 2.05) is 29.6 Å². The number of fused-ring (bicyclic) bond motifs is 1. The lowest BCUT2D eigenvalue weighted by Gasteiger charge is -2.42. The first-order valence-corrected chi connectivity index (χ1v) is 19.3. The van der Waals surface area contributed by atoms with Crippen LogP contribution in [0.5, 0.6) is 5.75 Å². The third-order valence-corrected chi connectivity index (χ3v) is 15.0. The molecule has 2 aromatic heterocycles. The van der Waals surface area contributed by atoms with Crippen molar-refractivity contribution in [3.63, 3.8) is 0 Å². The number of piperidine rings is 1. The van der Waals surface area contributed by atoms with Gasteiger partial charge in [0.05, 0.1) is 40.0 Å². The van der Waals surface area contributed by atoms with Gasteiger partial charge in [0.1, 0.15) is 11.1 Å². The van der Waals surface area contributed by atoms with Crippen molar-refractivity contribution in [2.45, 2.75) is 57.9 Å². The fraction of sp³-hybridized carbons (Fsp3) is 0.486. The predicted molar refractivity (Wildman–Crippen MR) is 197 cm³/mol. The molecule has 11 heteroatoms. The van der Waals surface area contributed by atoms with E-state index in [0.29, 0.717) is 17.8 Å². The van der Waals surface area contributed by atoms with Gasteiger partial charge < -0.3 is 25.2 Å². The molecule has 2 saturated heterocycles. The summed E-state index contributed by atoms with van der Waals surface area (Å²) < 4.78 is 6.85. The zero-order valence-electron chi connectivity index (χ0n) is 28.0. The summed E-state index contributed by atoms with van der Waals surface area (Å²) in [4.78, 5) is 29.4. The van der Waals surface area contributed by atoms with E-state index in [4.69, 9.17) is 14.7 Å². The Morgan fingerprint density at radius 1 is 0.891 bits per heavy atom. The Labute approximate surface area is 278 Å². The molecule has 2 aliphatic heterocycles. The molecule has 2 fully saturated rings. The summed E-state index contributed by atoms with van der Waals surface area (Å²) in [6.45, 7) is 15.2. The molecule has 0 spiro atoms. The number of ether oxygens (including phenoxy) is 1. The summed E-state index contributed by atoms with van der Waals surface area (Å²) in [7, 11) is 1.50. The normalized spacial score (nSPS) is 17.3. The molecule has 0 bridgehead atoms. The molecule has 4 aromatic rings. The number of nitrogens with zero attached hydrogens (tertiary/aromatic N) is 5. The van der Waals surface area contributed by atoms with E-state index in [1.165, 1.54) is 44.7 Å². The van der Waals surface area contributed by atoms with Gasteiger partial charge in [-0.25, -0.2) is 9.88 Å². The van der Waals surface area contributed by atoms with Gasteiger partial charge in [-0.15, -0.1) is 11.3 Å². The molecule has 2 aliphatic rings. The number of hydrogen-bond donors (Lipinski definition) is 3. The van der Waals surface area contributed by atoms with Crippen molar-refractivity contribution < 1.29 is 9.63 Å². The molecule has 2 aromatic carbocycles. The Kier molecular flexibility index (Phi) is 10.0. The van der Waals surface area contributed by atoms with E-state index >= 15 is 0 Å². The number of aromatic nitrogens is 2. The molecule has 6 rings (SSSR count). The Bertz CT molecular complexity index is 1620. The minimum Gasteiger partial charge on any atom is -0.494 e. The monoisotopic (exact) mass is 662 g/mol. The number of likely N-dealkylation sites (N-methyl/N-ethyl adjacent to an activating group) is 1. The minimum absolute atomic E-state index is 0.138. The molecule has 0 unspecified atom stereocenters. The van der Waals surface area contributed by atoms with E-state index in [-0.39, 0.29) is 11.3 Å². The minimum atomic E-state index is -2.44. The SMILES string of the molecule is COc1cc(N2CCC(N3CCN(C)CC3)CC2)ccc1Nc1nc(Nc2ccccc2[P+](O)(C(C)C)C(C)C)c2sccc2n1. The fourth-order valence-electron chi connectivity index (χ4n) is 6.95. The average Bonchev–Trinajstić information content (AvgIpc) is 3.54. The van der Waals surface area contributed by atoms with E-state index in [2.05, 4.69) is 84.3 Å². The van der Waals surface area contributed by atoms with Gasteiger partial charge in [-0.3, -0.25) is 4.90 Å². The number of nitrogens with one attached hydrogen (secondary N) is 2. The number of benzene rings is 2. The molecule has 4 heterocycles. The van der Waals surface area contributed by atoms with Crippen molar-refractivity contribution in [1.82, 2.24) is 19.8 Å². The number of hydrogen-bond acceptors (Lipinski definition) is 10. The molecule has 246 valence electrons. The van der Waals surface area contributed by atoms with Crippen LogP contribution < -0.4 is 25.6 Å².